The average Bonchev–Trinajstić information content (AvgIpc) is 3.33. The van der Waals surface area contributed by atoms with E-state index in [0.717, 1.165) is 5.56 Å². The number of aromatic nitrogens is 5. The van der Waals surface area contributed by atoms with Crippen LogP contribution in [0.2, 0.25) is 0 Å². The van der Waals surface area contributed by atoms with Crippen LogP contribution in [0.3, 0.4) is 0 Å². The van der Waals surface area contributed by atoms with E-state index in [1.54, 1.807) is 16.7 Å². The number of hydrogen-bond acceptors (Lipinski definition) is 5. The molecule has 0 radical (unpaired) electrons. The summed E-state index contributed by atoms with van der Waals surface area (Å²) in [4.78, 5) is 36.1. The first-order chi connectivity index (χ1) is 17.7. The molecule has 0 unspecified atom stereocenters. The van der Waals surface area contributed by atoms with Crippen molar-refractivity contribution in [2.75, 3.05) is 6.61 Å². The monoisotopic (exact) mass is 509 g/mol. The molecule has 5 rings (SSSR count). The minimum atomic E-state index is -2.72. The molecule has 8 nitrogen and oxygen atoms in total. The Kier molecular flexibility index (Phi) is 6.43. The summed E-state index contributed by atoms with van der Waals surface area (Å²) in [6, 6.07) is 12.8. The van der Waals surface area contributed by atoms with E-state index < -0.39 is 23.1 Å². The van der Waals surface area contributed by atoms with Crippen LogP contribution in [0.15, 0.2) is 58.3 Å². The van der Waals surface area contributed by atoms with Crippen LogP contribution in [0.4, 0.5) is 8.78 Å². The molecule has 1 saturated carbocycles. The molecule has 1 aliphatic rings. The van der Waals surface area contributed by atoms with Crippen molar-refractivity contribution in [3.05, 3.63) is 75.1 Å². The summed E-state index contributed by atoms with van der Waals surface area (Å²) in [6.45, 7) is 6.06. The van der Waals surface area contributed by atoms with Crippen LogP contribution < -0.4 is 16.0 Å². The second-order valence-electron chi connectivity index (χ2n) is 9.71. The zero-order chi connectivity index (χ0) is 26.3. The van der Waals surface area contributed by atoms with Crippen LogP contribution in [0.25, 0.3) is 22.6 Å². The van der Waals surface area contributed by atoms with Gasteiger partial charge in [0.2, 0.25) is 5.88 Å². The zero-order valence-electron chi connectivity index (χ0n) is 21.0. The molecule has 0 amide bonds. The van der Waals surface area contributed by atoms with Crippen LogP contribution >= 0.6 is 0 Å². The van der Waals surface area contributed by atoms with E-state index in [2.05, 4.69) is 4.98 Å². The van der Waals surface area contributed by atoms with E-state index in [1.807, 2.05) is 51.1 Å². The summed E-state index contributed by atoms with van der Waals surface area (Å²) < 4.78 is 37.3. The van der Waals surface area contributed by atoms with Crippen molar-refractivity contribution in [3.63, 3.8) is 0 Å². The van der Waals surface area contributed by atoms with Crippen LogP contribution in [-0.2, 0) is 13.1 Å². The van der Waals surface area contributed by atoms with E-state index in [9.17, 15) is 18.4 Å². The second kappa shape index (κ2) is 9.57. The van der Waals surface area contributed by atoms with E-state index in [4.69, 9.17) is 9.72 Å². The van der Waals surface area contributed by atoms with Gasteiger partial charge in [-0.25, -0.2) is 23.5 Å². The summed E-state index contributed by atoms with van der Waals surface area (Å²) in [5.74, 6) is -3.03. The van der Waals surface area contributed by atoms with Crippen LogP contribution in [0, 0.1) is 5.92 Å². The van der Waals surface area contributed by atoms with E-state index in [1.165, 1.54) is 15.3 Å². The van der Waals surface area contributed by atoms with Crippen molar-refractivity contribution in [2.24, 2.45) is 5.92 Å². The van der Waals surface area contributed by atoms with E-state index >= 15 is 0 Å². The van der Waals surface area contributed by atoms with Crippen LogP contribution in [-0.4, -0.2) is 36.2 Å². The molecular weight excluding hydrogens is 480 g/mol. The lowest BCUT2D eigenvalue weighted by atomic mass is 10.2. The van der Waals surface area contributed by atoms with Crippen molar-refractivity contribution >= 4 is 11.2 Å². The number of imidazole rings is 1. The highest BCUT2D eigenvalue weighted by Crippen LogP contribution is 2.48. The fraction of sp³-hybridized carbons (Fsp3) is 0.407. The third kappa shape index (κ3) is 4.56. The highest BCUT2D eigenvalue weighted by molar-refractivity contribution is 5.78. The van der Waals surface area contributed by atoms with Gasteiger partial charge in [-0.2, -0.15) is 0 Å². The third-order valence-corrected chi connectivity index (χ3v) is 6.60. The molecule has 3 heterocycles. The largest absolute Gasteiger partial charge is 0.477 e. The lowest BCUT2D eigenvalue weighted by Crippen LogP contribution is -2.41. The van der Waals surface area contributed by atoms with Gasteiger partial charge in [0.25, 0.3) is 11.5 Å². The normalized spacial score (nSPS) is 16.4. The summed E-state index contributed by atoms with van der Waals surface area (Å²) in [5.41, 5.74) is 1.12. The van der Waals surface area contributed by atoms with Gasteiger partial charge >= 0.3 is 5.69 Å². The fourth-order valence-corrected chi connectivity index (χ4v) is 4.57. The summed E-state index contributed by atoms with van der Waals surface area (Å²) in [5, 5.41) is 0. The standard InChI is InChI=1S/C27H29F2N5O3/c1-4-13-32-25(35)21-23(34(17(2)3)26(32)36)31-22(33(21)15-18-9-6-5-7-10-18)20-11-8-12-30-24(20)37-16-19-14-27(19,28)29/h5-12,17,19H,4,13-16H2,1-3H3/t19-/m0/s1. The smallest absolute Gasteiger partial charge is 0.332 e. The van der Waals surface area contributed by atoms with Gasteiger partial charge in [-0.1, -0.05) is 37.3 Å². The van der Waals surface area contributed by atoms with Gasteiger partial charge in [-0.15, -0.1) is 0 Å². The van der Waals surface area contributed by atoms with Crippen molar-refractivity contribution in [3.8, 4) is 17.3 Å². The molecule has 0 bridgehead atoms. The van der Waals surface area contributed by atoms with Gasteiger partial charge in [-0.3, -0.25) is 13.9 Å². The predicted octanol–water partition coefficient (Wildman–Crippen LogP) is 4.49. The number of rotatable bonds is 9. The van der Waals surface area contributed by atoms with Gasteiger partial charge in [0.1, 0.15) is 5.82 Å². The SMILES string of the molecule is CCCn1c(=O)c2c(nc(-c3cccnc3OC[C@@H]3CC3(F)F)n2Cc2ccccc2)n(C(C)C)c1=O. The van der Waals surface area contributed by atoms with Crippen LogP contribution in [0.5, 0.6) is 5.88 Å². The lowest BCUT2D eigenvalue weighted by molar-refractivity contribution is 0.0850. The Morgan fingerprint density at radius 1 is 1.11 bits per heavy atom. The number of pyridine rings is 1. The number of benzene rings is 1. The van der Waals surface area contributed by atoms with E-state index in [-0.39, 0.29) is 37.1 Å². The number of ether oxygens (including phenoxy) is 1. The molecule has 3 aromatic heterocycles. The van der Waals surface area contributed by atoms with Crippen molar-refractivity contribution in [1.82, 2.24) is 23.7 Å². The van der Waals surface area contributed by atoms with Crippen LogP contribution in [0.1, 0.15) is 45.2 Å². The first kappa shape index (κ1) is 24.9. The second-order valence-corrected chi connectivity index (χ2v) is 9.71. The Hall–Kier alpha value is -3.82. The van der Waals surface area contributed by atoms with Gasteiger partial charge in [0.15, 0.2) is 11.2 Å². The Bertz CT molecular complexity index is 1560. The highest BCUT2D eigenvalue weighted by atomic mass is 19.3. The van der Waals surface area contributed by atoms with Gasteiger partial charge < -0.3 is 9.30 Å². The molecule has 0 aliphatic heterocycles. The van der Waals surface area contributed by atoms with Crippen molar-refractivity contribution < 1.29 is 13.5 Å². The number of fused-ring (bicyclic) bond motifs is 1. The number of alkyl halides is 2. The fourth-order valence-electron chi connectivity index (χ4n) is 4.57. The van der Waals surface area contributed by atoms with Crippen molar-refractivity contribution in [1.29, 1.82) is 0 Å². The molecular formula is C27H29F2N5O3. The van der Waals surface area contributed by atoms with Gasteiger partial charge in [-0.05, 0) is 38.0 Å². The Morgan fingerprint density at radius 2 is 1.84 bits per heavy atom. The molecule has 4 aromatic rings. The summed E-state index contributed by atoms with van der Waals surface area (Å²) in [7, 11) is 0. The first-order valence-corrected chi connectivity index (χ1v) is 12.5. The minimum absolute atomic E-state index is 0.155. The molecule has 0 spiro atoms. The number of hydrogen-bond donors (Lipinski definition) is 0. The molecule has 1 aliphatic carbocycles. The Balaban J connectivity index is 1.75. The molecule has 0 saturated heterocycles. The molecule has 10 heteroatoms. The highest BCUT2D eigenvalue weighted by Gasteiger charge is 2.57. The maximum Gasteiger partial charge on any atom is 0.332 e. The maximum atomic E-state index is 13.7. The first-order valence-electron chi connectivity index (χ1n) is 12.5. The molecule has 1 atom stereocenters. The maximum absolute atomic E-state index is 13.7. The molecule has 1 fully saturated rings. The Labute approximate surface area is 212 Å². The van der Waals surface area contributed by atoms with E-state index in [0.29, 0.717) is 29.9 Å². The predicted molar refractivity (Wildman–Crippen MR) is 136 cm³/mol. The minimum Gasteiger partial charge on any atom is -0.477 e. The average molecular weight is 510 g/mol. The number of nitrogens with zero attached hydrogens (tertiary/aromatic N) is 5. The number of halogens is 2. The topological polar surface area (TPSA) is 83.9 Å². The van der Waals surface area contributed by atoms with Gasteiger partial charge in [0.05, 0.1) is 18.1 Å². The molecule has 1 aromatic carbocycles. The summed E-state index contributed by atoms with van der Waals surface area (Å²) in [6.07, 6.45) is 1.93. The Morgan fingerprint density at radius 3 is 2.49 bits per heavy atom. The van der Waals surface area contributed by atoms with Crippen molar-refractivity contribution in [2.45, 2.75) is 58.7 Å². The summed E-state index contributed by atoms with van der Waals surface area (Å²) >= 11 is 0. The van der Waals surface area contributed by atoms with Gasteiger partial charge in [0, 0.05) is 31.7 Å². The third-order valence-electron chi connectivity index (χ3n) is 6.60. The molecule has 0 N–H and O–H groups in total. The zero-order valence-corrected chi connectivity index (χ0v) is 21.0. The lowest BCUT2D eigenvalue weighted by Gasteiger charge is -2.15. The quantitative estimate of drug-likeness (QED) is 0.332. The molecule has 194 valence electrons. The molecule has 37 heavy (non-hydrogen) atoms.